The van der Waals surface area contributed by atoms with Crippen LogP contribution in [0.15, 0.2) is 12.1 Å². The molecule has 1 unspecified atom stereocenters. The molecule has 2 heterocycles. The highest BCUT2D eigenvalue weighted by Gasteiger charge is 2.26. The van der Waals surface area contributed by atoms with Gasteiger partial charge in [-0.1, -0.05) is 18.3 Å². The van der Waals surface area contributed by atoms with Gasteiger partial charge in [0.05, 0.1) is 10.6 Å². The molecule has 5 nitrogen and oxygen atoms in total. The van der Waals surface area contributed by atoms with Gasteiger partial charge < -0.3 is 15.1 Å². The zero-order valence-electron chi connectivity index (χ0n) is 15.7. The minimum absolute atomic E-state index is 0.00488. The first kappa shape index (κ1) is 19.2. The van der Waals surface area contributed by atoms with Crippen LogP contribution in [-0.4, -0.2) is 61.0 Å². The van der Waals surface area contributed by atoms with E-state index in [0.717, 1.165) is 55.7 Å². The molecule has 1 fully saturated rings. The number of hydrogen-bond acceptors (Lipinski definition) is 5. The van der Waals surface area contributed by atoms with Crippen molar-refractivity contribution in [3.8, 4) is 0 Å². The second kappa shape index (κ2) is 8.41. The van der Waals surface area contributed by atoms with E-state index in [1.807, 2.05) is 13.0 Å². The number of anilines is 1. The van der Waals surface area contributed by atoms with E-state index in [-0.39, 0.29) is 17.6 Å². The molecule has 0 spiro atoms. The summed E-state index contributed by atoms with van der Waals surface area (Å²) < 4.78 is 14.9. The van der Waals surface area contributed by atoms with Crippen molar-refractivity contribution in [3.63, 3.8) is 0 Å². The molecule has 1 aromatic heterocycles. The summed E-state index contributed by atoms with van der Waals surface area (Å²) in [5.74, 6) is -0.354. The van der Waals surface area contributed by atoms with Gasteiger partial charge in [-0.05, 0) is 57.6 Å². The van der Waals surface area contributed by atoms with Crippen LogP contribution in [0.4, 0.5) is 9.52 Å². The molecule has 0 saturated carbocycles. The molecule has 1 saturated heterocycles. The van der Waals surface area contributed by atoms with Gasteiger partial charge in [-0.25, -0.2) is 9.37 Å². The normalized spacial score (nSPS) is 18.6. The van der Waals surface area contributed by atoms with Gasteiger partial charge in [0.25, 0.3) is 0 Å². The number of likely N-dealkylation sites (tertiary alicyclic amines) is 1. The predicted octanol–water partition coefficient (Wildman–Crippen LogP) is 3.21. The summed E-state index contributed by atoms with van der Waals surface area (Å²) >= 11 is 1.34. The first-order valence-electron chi connectivity index (χ1n) is 9.23. The Balaban J connectivity index is 1.65. The number of aromatic nitrogens is 1. The van der Waals surface area contributed by atoms with Crippen LogP contribution in [0.2, 0.25) is 0 Å². The Morgan fingerprint density at radius 1 is 1.46 bits per heavy atom. The van der Waals surface area contributed by atoms with Crippen molar-refractivity contribution < 1.29 is 9.18 Å². The van der Waals surface area contributed by atoms with Crippen molar-refractivity contribution in [1.29, 1.82) is 0 Å². The second-order valence-corrected chi connectivity index (χ2v) is 8.26. The highest BCUT2D eigenvalue weighted by atomic mass is 32.1. The van der Waals surface area contributed by atoms with Gasteiger partial charge in [0, 0.05) is 19.6 Å². The van der Waals surface area contributed by atoms with Crippen molar-refractivity contribution in [2.45, 2.75) is 26.2 Å². The molecular weight excluding hydrogens is 351 g/mol. The van der Waals surface area contributed by atoms with Gasteiger partial charge in [-0.3, -0.25) is 4.79 Å². The molecule has 0 radical (unpaired) electrons. The van der Waals surface area contributed by atoms with E-state index < -0.39 is 0 Å². The van der Waals surface area contributed by atoms with Crippen LogP contribution < -0.4 is 5.32 Å². The van der Waals surface area contributed by atoms with E-state index in [9.17, 15) is 9.18 Å². The molecule has 0 aliphatic carbocycles. The first-order chi connectivity index (χ1) is 12.5. The Bertz CT molecular complexity index is 776. The molecule has 1 aliphatic heterocycles. The number of carbonyl (C=O) groups is 1. The van der Waals surface area contributed by atoms with E-state index in [4.69, 9.17) is 0 Å². The van der Waals surface area contributed by atoms with E-state index in [0.29, 0.717) is 10.6 Å². The van der Waals surface area contributed by atoms with E-state index in [1.165, 1.54) is 17.4 Å². The van der Waals surface area contributed by atoms with Gasteiger partial charge in [-0.2, -0.15) is 0 Å². The smallest absolute Gasteiger partial charge is 0.230 e. The molecule has 1 N–H and O–H groups in total. The maximum atomic E-state index is 14.2. The lowest BCUT2D eigenvalue weighted by atomic mass is 9.97. The zero-order chi connectivity index (χ0) is 18.7. The standard InChI is InChI=1S/C19H27FN4OS/c1-4-13-10-15(20)17-16(11-13)26-19(21-17)22-18(25)14-6-5-7-24(12-14)9-8-23(2)3/h10-11,14H,4-9,12H2,1-3H3,(H,21,22,25). The number of benzene rings is 1. The third kappa shape index (κ3) is 4.58. The summed E-state index contributed by atoms with van der Waals surface area (Å²) in [5.41, 5.74) is 1.29. The molecule has 1 amide bonds. The first-order valence-corrected chi connectivity index (χ1v) is 10.0. The summed E-state index contributed by atoms with van der Waals surface area (Å²) in [5, 5.41) is 3.40. The maximum absolute atomic E-state index is 14.2. The topological polar surface area (TPSA) is 48.5 Å². The van der Waals surface area contributed by atoms with Gasteiger partial charge in [0.1, 0.15) is 5.52 Å². The fourth-order valence-electron chi connectivity index (χ4n) is 3.32. The Labute approximate surface area is 158 Å². The van der Waals surface area contributed by atoms with Crippen LogP contribution >= 0.6 is 11.3 Å². The molecule has 3 rings (SSSR count). The number of fused-ring (bicyclic) bond motifs is 1. The number of carbonyl (C=O) groups excluding carboxylic acids is 1. The van der Waals surface area contributed by atoms with Gasteiger partial charge >= 0.3 is 0 Å². The highest BCUT2D eigenvalue weighted by Crippen LogP contribution is 2.30. The average molecular weight is 379 g/mol. The SMILES string of the molecule is CCc1cc(F)c2nc(NC(=O)C3CCCN(CCN(C)C)C3)sc2c1. The lowest BCUT2D eigenvalue weighted by molar-refractivity contribution is -0.121. The number of halogens is 1. The van der Waals surface area contributed by atoms with Crippen molar-refractivity contribution in [1.82, 2.24) is 14.8 Å². The number of thiazole rings is 1. The maximum Gasteiger partial charge on any atom is 0.230 e. The molecular formula is C19H27FN4OS. The van der Waals surface area contributed by atoms with Crippen molar-refractivity contribution in [2.75, 3.05) is 45.6 Å². The number of rotatable bonds is 6. The number of likely N-dealkylation sites (N-methyl/N-ethyl adjacent to an activating group) is 1. The van der Waals surface area contributed by atoms with Crippen molar-refractivity contribution >= 4 is 32.6 Å². The van der Waals surface area contributed by atoms with Crippen LogP contribution in [0, 0.1) is 11.7 Å². The summed E-state index contributed by atoms with van der Waals surface area (Å²) in [4.78, 5) is 21.5. The molecule has 142 valence electrons. The molecule has 26 heavy (non-hydrogen) atoms. The quantitative estimate of drug-likeness (QED) is 0.839. The molecule has 1 aromatic carbocycles. The zero-order valence-corrected chi connectivity index (χ0v) is 16.5. The summed E-state index contributed by atoms with van der Waals surface area (Å²) in [7, 11) is 4.12. The van der Waals surface area contributed by atoms with Crippen LogP contribution in [-0.2, 0) is 11.2 Å². The summed E-state index contributed by atoms with van der Waals surface area (Å²) in [6, 6.07) is 3.48. The third-order valence-electron chi connectivity index (χ3n) is 4.89. The van der Waals surface area contributed by atoms with Gasteiger partial charge in [0.2, 0.25) is 5.91 Å². The number of nitrogens with one attached hydrogen (secondary N) is 1. The highest BCUT2D eigenvalue weighted by molar-refractivity contribution is 7.22. The van der Waals surface area contributed by atoms with Crippen LogP contribution in [0.5, 0.6) is 0 Å². The minimum Gasteiger partial charge on any atom is -0.308 e. The number of aryl methyl sites for hydroxylation is 1. The molecule has 2 aromatic rings. The molecule has 0 bridgehead atoms. The van der Waals surface area contributed by atoms with E-state index in [1.54, 1.807) is 0 Å². The lowest BCUT2D eigenvalue weighted by Gasteiger charge is -2.32. The minimum atomic E-state index is -0.316. The van der Waals surface area contributed by atoms with Gasteiger partial charge in [-0.15, -0.1) is 0 Å². The summed E-state index contributed by atoms with van der Waals surface area (Å²) in [6.45, 7) is 5.78. The number of piperidine rings is 1. The number of amides is 1. The molecule has 1 atom stereocenters. The molecule has 7 heteroatoms. The van der Waals surface area contributed by atoms with Crippen molar-refractivity contribution in [2.24, 2.45) is 5.92 Å². The third-order valence-corrected chi connectivity index (χ3v) is 5.80. The second-order valence-electron chi connectivity index (χ2n) is 7.23. The van der Waals surface area contributed by atoms with E-state index in [2.05, 4.69) is 34.2 Å². The Hall–Kier alpha value is -1.57. The number of nitrogens with zero attached hydrogens (tertiary/aromatic N) is 3. The van der Waals surface area contributed by atoms with Gasteiger partial charge in [0.15, 0.2) is 10.9 Å². The number of hydrogen-bond donors (Lipinski definition) is 1. The Morgan fingerprint density at radius 3 is 3.00 bits per heavy atom. The Morgan fingerprint density at radius 2 is 2.27 bits per heavy atom. The van der Waals surface area contributed by atoms with Crippen molar-refractivity contribution in [3.05, 3.63) is 23.5 Å². The molecule has 1 aliphatic rings. The van der Waals surface area contributed by atoms with Crippen LogP contribution in [0.1, 0.15) is 25.3 Å². The van der Waals surface area contributed by atoms with Crippen LogP contribution in [0.3, 0.4) is 0 Å². The Kier molecular flexibility index (Phi) is 6.21. The lowest BCUT2D eigenvalue weighted by Crippen LogP contribution is -2.43. The predicted molar refractivity (Wildman–Crippen MR) is 105 cm³/mol. The largest absolute Gasteiger partial charge is 0.308 e. The monoisotopic (exact) mass is 378 g/mol. The van der Waals surface area contributed by atoms with Crippen LogP contribution in [0.25, 0.3) is 10.2 Å². The fourth-order valence-corrected chi connectivity index (χ4v) is 4.27. The fraction of sp³-hybridized carbons (Fsp3) is 0.579. The average Bonchev–Trinajstić information content (AvgIpc) is 3.03. The summed E-state index contributed by atoms with van der Waals surface area (Å²) in [6.07, 6.45) is 2.70. The van der Waals surface area contributed by atoms with E-state index >= 15 is 0 Å².